The number of halogens is 1. The Labute approximate surface area is 187 Å². The quantitative estimate of drug-likeness (QED) is 0.484. The highest BCUT2D eigenvalue weighted by molar-refractivity contribution is 6.30. The van der Waals surface area contributed by atoms with Gasteiger partial charge >= 0.3 is 5.97 Å². The van der Waals surface area contributed by atoms with E-state index in [9.17, 15) is 9.59 Å². The van der Waals surface area contributed by atoms with Gasteiger partial charge in [0.1, 0.15) is 11.5 Å². The number of ether oxygens (including phenoxy) is 3. The van der Waals surface area contributed by atoms with Crippen LogP contribution in [0.4, 0.5) is 0 Å². The van der Waals surface area contributed by atoms with Gasteiger partial charge in [0.25, 0.3) is 5.91 Å². The van der Waals surface area contributed by atoms with E-state index in [1.165, 1.54) is 0 Å². The molecule has 2 aromatic carbocycles. The lowest BCUT2D eigenvalue weighted by Gasteiger charge is -2.24. The standard InChI is InChI=1S/C24H26ClNO5/c1-4-31-24(28)22(20-14-19(29-2)11-12-21(20)30-3)16-7-10-18(13-16)26-23(27)15-5-8-17(25)9-6-15/h5-12,14,16,18,22H,4,13H2,1-3H3,(H,26,27). The van der Waals surface area contributed by atoms with Crippen LogP contribution in [-0.2, 0) is 9.53 Å². The Balaban J connectivity index is 1.81. The lowest BCUT2D eigenvalue weighted by molar-refractivity contribution is -0.146. The van der Waals surface area contributed by atoms with Crippen molar-refractivity contribution in [3.8, 4) is 11.5 Å². The number of carbonyl (C=O) groups is 2. The number of rotatable bonds is 8. The Morgan fingerprint density at radius 1 is 1.10 bits per heavy atom. The number of carbonyl (C=O) groups excluding carboxylic acids is 2. The van der Waals surface area contributed by atoms with E-state index in [1.54, 1.807) is 63.6 Å². The van der Waals surface area contributed by atoms with Gasteiger partial charge in [-0.25, -0.2) is 0 Å². The number of nitrogens with one attached hydrogen (secondary N) is 1. The van der Waals surface area contributed by atoms with Crippen molar-refractivity contribution in [3.63, 3.8) is 0 Å². The first kappa shape index (κ1) is 22.7. The first-order valence-electron chi connectivity index (χ1n) is 10.1. The molecule has 1 aliphatic carbocycles. The van der Waals surface area contributed by atoms with E-state index < -0.39 is 5.92 Å². The first-order valence-corrected chi connectivity index (χ1v) is 10.5. The van der Waals surface area contributed by atoms with E-state index in [4.69, 9.17) is 25.8 Å². The molecule has 7 heteroatoms. The number of allylic oxidation sites excluding steroid dienone is 1. The van der Waals surface area contributed by atoms with Gasteiger partial charge in [-0.15, -0.1) is 0 Å². The smallest absolute Gasteiger partial charge is 0.314 e. The molecule has 0 fully saturated rings. The highest BCUT2D eigenvalue weighted by Crippen LogP contribution is 2.40. The molecule has 0 aromatic heterocycles. The molecule has 0 saturated heterocycles. The van der Waals surface area contributed by atoms with Gasteiger partial charge in [0.05, 0.1) is 26.7 Å². The Kier molecular flexibility index (Phi) is 7.58. The SMILES string of the molecule is CCOC(=O)C(c1cc(OC)ccc1OC)C1C=CC(NC(=O)c2ccc(Cl)cc2)C1. The van der Waals surface area contributed by atoms with Gasteiger partial charge in [-0.1, -0.05) is 23.8 Å². The van der Waals surface area contributed by atoms with Crippen molar-refractivity contribution >= 4 is 23.5 Å². The Morgan fingerprint density at radius 3 is 2.48 bits per heavy atom. The summed E-state index contributed by atoms with van der Waals surface area (Å²) in [5, 5.41) is 3.57. The number of benzene rings is 2. The normalized spacial score (nSPS) is 18.3. The molecule has 3 atom stereocenters. The summed E-state index contributed by atoms with van der Waals surface area (Å²) < 4.78 is 16.2. The van der Waals surface area contributed by atoms with Crippen LogP contribution < -0.4 is 14.8 Å². The number of methoxy groups -OCH3 is 2. The Morgan fingerprint density at radius 2 is 1.84 bits per heavy atom. The monoisotopic (exact) mass is 443 g/mol. The minimum atomic E-state index is -0.585. The molecule has 0 aliphatic heterocycles. The zero-order valence-electron chi connectivity index (χ0n) is 17.8. The van der Waals surface area contributed by atoms with Crippen molar-refractivity contribution in [2.75, 3.05) is 20.8 Å². The fourth-order valence-corrected chi connectivity index (χ4v) is 3.91. The van der Waals surface area contributed by atoms with Gasteiger partial charge in [-0.05, 0) is 61.7 Å². The van der Waals surface area contributed by atoms with Crippen LogP contribution in [0.5, 0.6) is 11.5 Å². The maximum atomic E-state index is 12.9. The van der Waals surface area contributed by atoms with Crippen LogP contribution in [0.1, 0.15) is 35.2 Å². The molecule has 0 saturated carbocycles. The molecule has 0 spiro atoms. The summed E-state index contributed by atoms with van der Waals surface area (Å²) in [5.41, 5.74) is 1.22. The fourth-order valence-electron chi connectivity index (χ4n) is 3.78. The van der Waals surface area contributed by atoms with Crippen LogP contribution in [-0.4, -0.2) is 38.7 Å². The summed E-state index contributed by atoms with van der Waals surface area (Å²) in [6, 6.07) is 11.9. The maximum Gasteiger partial charge on any atom is 0.314 e. The summed E-state index contributed by atoms with van der Waals surface area (Å²) >= 11 is 5.89. The minimum Gasteiger partial charge on any atom is -0.497 e. The zero-order valence-corrected chi connectivity index (χ0v) is 18.5. The Hall–Kier alpha value is -2.99. The molecule has 164 valence electrons. The lowest BCUT2D eigenvalue weighted by Crippen LogP contribution is -2.33. The van der Waals surface area contributed by atoms with Crippen molar-refractivity contribution in [2.24, 2.45) is 5.92 Å². The Bertz CT molecular complexity index is 957. The molecule has 31 heavy (non-hydrogen) atoms. The van der Waals surface area contributed by atoms with Crippen molar-refractivity contribution in [1.29, 1.82) is 0 Å². The third-order valence-corrected chi connectivity index (χ3v) is 5.53. The zero-order chi connectivity index (χ0) is 22.4. The average Bonchev–Trinajstić information content (AvgIpc) is 3.22. The van der Waals surface area contributed by atoms with Gasteiger partial charge in [0, 0.05) is 22.2 Å². The second kappa shape index (κ2) is 10.4. The molecule has 0 heterocycles. The van der Waals surface area contributed by atoms with Crippen LogP contribution in [0.25, 0.3) is 0 Å². The summed E-state index contributed by atoms with van der Waals surface area (Å²) in [5.74, 6) is -0.0816. The summed E-state index contributed by atoms with van der Waals surface area (Å²) in [4.78, 5) is 25.5. The molecule has 2 aromatic rings. The van der Waals surface area contributed by atoms with Gasteiger partial charge < -0.3 is 19.5 Å². The van der Waals surface area contributed by atoms with Crippen LogP contribution in [0, 0.1) is 5.92 Å². The van der Waals surface area contributed by atoms with Crippen molar-refractivity contribution in [3.05, 3.63) is 70.8 Å². The van der Waals surface area contributed by atoms with E-state index in [0.29, 0.717) is 34.1 Å². The molecular weight excluding hydrogens is 418 g/mol. The molecule has 1 amide bonds. The molecule has 3 rings (SSSR count). The van der Waals surface area contributed by atoms with Crippen molar-refractivity contribution < 1.29 is 23.8 Å². The van der Waals surface area contributed by atoms with Crippen LogP contribution in [0.2, 0.25) is 5.02 Å². The topological polar surface area (TPSA) is 73.9 Å². The second-order valence-corrected chi connectivity index (χ2v) is 7.65. The third kappa shape index (κ3) is 5.39. The number of amides is 1. The predicted molar refractivity (Wildman–Crippen MR) is 119 cm³/mol. The maximum absolute atomic E-state index is 12.9. The van der Waals surface area contributed by atoms with E-state index in [2.05, 4.69) is 5.32 Å². The number of hydrogen-bond donors (Lipinski definition) is 1. The van der Waals surface area contributed by atoms with E-state index in [-0.39, 0.29) is 30.4 Å². The molecule has 3 unspecified atom stereocenters. The van der Waals surface area contributed by atoms with E-state index in [1.807, 2.05) is 12.2 Å². The van der Waals surface area contributed by atoms with Crippen LogP contribution in [0.3, 0.4) is 0 Å². The van der Waals surface area contributed by atoms with Gasteiger partial charge in [-0.2, -0.15) is 0 Å². The van der Waals surface area contributed by atoms with Gasteiger partial charge in [-0.3, -0.25) is 9.59 Å². The number of hydrogen-bond acceptors (Lipinski definition) is 5. The third-order valence-electron chi connectivity index (χ3n) is 5.28. The summed E-state index contributed by atoms with van der Waals surface area (Å²) in [6.45, 7) is 2.05. The molecular formula is C24H26ClNO5. The number of esters is 1. The van der Waals surface area contributed by atoms with Gasteiger partial charge in [0.15, 0.2) is 0 Å². The van der Waals surface area contributed by atoms with Crippen molar-refractivity contribution in [1.82, 2.24) is 5.32 Å². The molecule has 0 bridgehead atoms. The highest BCUT2D eigenvalue weighted by atomic mass is 35.5. The average molecular weight is 444 g/mol. The fraction of sp³-hybridized carbons (Fsp3) is 0.333. The second-order valence-electron chi connectivity index (χ2n) is 7.21. The molecule has 6 nitrogen and oxygen atoms in total. The van der Waals surface area contributed by atoms with Gasteiger partial charge in [0.2, 0.25) is 0 Å². The minimum absolute atomic E-state index is 0.171. The lowest BCUT2D eigenvalue weighted by atomic mass is 9.84. The van der Waals surface area contributed by atoms with E-state index in [0.717, 1.165) is 0 Å². The van der Waals surface area contributed by atoms with E-state index >= 15 is 0 Å². The molecule has 1 aliphatic rings. The van der Waals surface area contributed by atoms with Crippen LogP contribution in [0.15, 0.2) is 54.6 Å². The van der Waals surface area contributed by atoms with Crippen molar-refractivity contribution in [2.45, 2.75) is 25.3 Å². The summed E-state index contributed by atoms with van der Waals surface area (Å²) in [6.07, 6.45) is 4.42. The highest BCUT2D eigenvalue weighted by Gasteiger charge is 2.36. The molecule has 0 radical (unpaired) electrons. The largest absolute Gasteiger partial charge is 0.497 e. The van der Waals surface area contributed by atoms with Crippen LogP contribution >= 0.6 is 11.6 Å². The summed E-state index contributed by atoms with van der Waals surface area (Å²) in [7, 11) is 3.13. The first-order chi connectivity index (χ1) is 15.0. The predicted octanol–water partition coefficient (Wildman–Crippen LogP) is 4.38. The molecule has 1 N–H and O–H groups in total.